The van der Waals surface area contributed by atoms with Gasteiger partial charge >= 0.3 is 0 Å². The average molecular weight is 262 g/mol. The molecule has 0 saturated heterocycles. The molecular formula is C12H14N4OS. The Morgan fingerprint density at radius 2 is 2.28 bits per heavy atom. The number of hydrogen-bond donors (Lipinski definition) is 2. The van der Waals surface area contributed by atoms with Crippen LogP contribution >= 0.6 is 11.3 Å². The molecule has 94 valence electrons. The summed E-state index contributed by atoms with van der Waals surface area (Å²) in [5.41, 5.74) is 0.394. The highest BCUT2D eigenvalue weighted by molar-refractivity contribution is 7.09. The molecule has 0 bridgehead atoms. The highest BCUT2D eigenvalue weighted by Crippen LogP contribution is 2.15. The Morgan fingerprint density at radius 1 is 1.44 bits per heavy atom. The molecule has 0 aliphatic carbocycles. The minimum Gasteiger partial charge on any atom is -0.373 e. The molecule has 2 rings (SSSR count). The van der Waals surface area contributed by atoms with Crippen LogP contribution in [0.1, 0.15) is 28.5 Å². The lowest BCUT2D eigenvalue weighted by Gasteiger charge is -2.11. The van der Waals surface area contributed by atoms with Crippen LogP contribution in [0.25, 0.3) is 0 Å². The maximum atomic E-state index is 12.0. The molecule has 2 heterocycles. The van der Waals surface area contributed by atoms with Gasteiger partial charge in [-0.2, -0.15) is 0 Å². The van der Waals surface area contributed by atoms with E-state index in [9.17, 15) is 4.79 Å². The van der Waals surface area contributed by atoms with Crippen molar-refractivity contribution in [2.24, 2.45) is 0 Å². The van der Waals surface area contributed by atoms with Crippen molar-refractivity contribution in [3.8, 4) is 0 Å². The molecule has 0 aliphatic heterocycles. The van der Waals surface area contributed by atoms with E-state index in [4.69, 9.17) is 0 Å². The lowest BCUT2D eigenvalue weighted by molar-refractivity contribution is 0.0935. The Hall–Kier alpha value is -1.95. The molecule has 0 fully saturated rings. The molecule has 1 atom stereocenters. The molecule has 1 amide bonds. The summed E-state index contributed by atoms with van der Waals surface area (Å²) in [6.45, 7) is 1.90. The number of nitrogens with zero attached hydrogens (tertiary/aromatic N) is 2. The Labute approximate surface area is 109 Å². The predicted molar refractivity (Wildman–Crippen MR) is 71.8 cm³/mol. The van der Waals surface area contributed by atoms with E-state index in [-0.39, 0.29) is 11.9 Å². The van der Waals surface area contributed by atoms with E-state index in [0.29, 0.717) is 11.5 Å². The predicted octanol–water partition coefficient (Wildman–Crippen LogP) is 2.07. The molecule has 0 spiro atoms. The van der Waals surface area contributed by atoms with Gasteiger partial charge in [0.15, 0.2) is 0 Å². The maximum Gasteiger partial charge on any atom is 0.270 e. The zero-order chi connectivity index (χ0) is 13.0. The number of carbonyl (C=O) groups is 1. The number of rotatable bonds is 4. The zero-order valence-corrected chi connectivity index (χ0v) is 11.0. The van der Waals surface area contributed by atoms with Crippen molar-refractivity contribution < 1.29 is 4.79 Å². The highest BCUT2D eigenvalue weighted by atomic mass is 32.1. The molecule has 0 aliphatic rings. The fraction of sp³-hybridized carbons (Fsp3) is 0.250. The van der Waals surface area contributed by atoms with Gasteiger partial charge in [0.2, 0.25) is 0 Å². The fourth-order valence-electron chi connectivity index (χ4n) is 1.48. The molecule has 2 aromatic rings. The Bertz CT molecular complexity index is 527. The van der Waals surface area contributed by atoms with Crippen LogP contribution in [0, 0.1) is 0 Å². The first-order valence-corrected chi connectivity index (χ1v) is 6.43. The SMILES string of the molecule is CNc1cccc(C(=O)NC(C)c2nccs2)n1. The van der Waals surface area contributed by atoms with Crippen LogP contribution in [0.2, 0.25) is 0 Å². The van der Waals surface area contributed by atoms with E-state index in [1.54, 1.807) is 31.4 Å². The van der Waals surface area contributed by atoms with Crippen LogP contribution in [0.3, 0.4) is 0 Å². The van der Waals surface area contributed by atoms with Crippen LogP contribution in [0.5, 0.6) is 0 Å². The summed E-state index contributed by atoms with van der Waals surface area (Å²) < 4.78 is 0. The minimum atomic E-state index is -0.199. The molecular weight excluding hydrogens is 248 g/mol. The number of pyridine rings is 1. The van der Waals surface area contributed by atoms with E-state index >= 15 is 0 Å². The number of carbonyl (C=O) groups excluding carboxylic acids is 1. The van der Waals surface area contributed by atoms with E-state index < -0.39 is 0 Å². The summed E-state index contributed by atoms with van der Waals surface area (Å²) in [5.74, 6) is 0.472. The Balaban J connectivity index is 2.07. The number of aromatic nitrogens is 2. The fourth-order valence-corrected chi connectivity index (χ4v) is 2.13. The Kier molecular flexibility index (Phi) is 3.88. The van der Waals surface area contributed by atoms with Gasteiger partial charge < -0.3 is 10.6 Å². The lowest BCUT2D eigenvalue weighted by Crippen LogP contribution is -2.27. The van der Waals surface area contributed by atoms with Crippen LogP contribution in [0.15, 0.2) is 29.8 Å². The van der Waals surface area contributed by atoms with Crippen molar-refractivity contribution in [3.05, 3.63) is 40.5 Å². The smallest absolute Gasteiger partial charge is 0.270 e. The number of thiazole rings is 1. The van der Waals surface area contributed by atoms with Gasteiger partial charge in [0, 0.05) is 18.6 Å². The quantitative estimate of drug-likeness (QED) is 0.885. The third kappa shape index (κ3) is 2.84. The normalized spacial score (nSPS) is 11.9. The van der Waals surface area contributed by atoms with Crippen molar-refractivity contribution in [2.75, 3.05) is 12.4 Å². The first-order chi connectivity index (χ1) is 8.70. The molecule has 0 saturated carbocycles. The van der Waals surface area contributed by atoms with Gasteiger partial charge in [-0.3, -0.25) is 4.79 Å². The third-order valence-electron chi connectivity index (χ3n) is 2.41. The monoisotopic (exact) mass is 262 g/mol. The topological polar surface area (TPSA) is 66.9 Å². The van der Waals surface area contributed by atoms with E-state index in [0.717, 1.165) is 5.01 Å². The summed E-state index contributed by atoms with van der Waals surface area (Å²) >= 11 is 1.52. The summed E-state index contributed by atoms with van der Waals surface area (Å²) in [5, 5.41) is 8.54. The molecule has 0 radical (unpaired) electrons. The second-order valence-electron chi connectivity index (χ2n) is 3.72. The van der Waals surface area contributed by atoms with E-state index in [1.165, 1.54) is 11.3 Å². The van der Waals surface area contributed by atoms with Gasteiger partial charge in [-0.05, 0) is 19.1 Å². The number of anilines is 1. The molecule has 18 heavy (non-hydrogen) atoms. The number of hydrogen-bond acceptors (Lipinski definition) is 5. The first-order valence-electron chi connectivity index (χ1n) is 5.56. The van der Waals surface area contributed by atoms with Crippen LogP contribution in [-0.2, 0) is 0 Å². The lowest BCUT2D eigenvalue weighted by atomic mass is 10.3. The van der Waals surface area contributed by atoms with Crippen LogP contribution in [0.4, 0.5) is 5.82 Å². The van der Waals surface area contributed by atoms with Crippen molar-refractivity contribution in [2.45, 2.75) is 13.0 Å². The first kappa shape index (κ1) is 12.5. The average Bonchev–Trinajstić information content (AvgIpc) is 2.92. The van der Waals surface area contributed by atoms with Crippen LogP contribution < -0.4 is 10.6 Å². The van der Waals surface area contributed by atoms with Crippen molar-refractivity contribution in [3.63, 3.8) is 0 Å². The van der Waals surface area contributed by atoms with Gasteiger partial charge in [0.25, 0.3) is 5.91 Å². The Morgan fingerprint density at radius 3 is 2.94 bits per heavy atom. The van der Waals surface area contributed by atoms with Crippen molar-refractivity contribution in [1.82, 2.24) is 15.3 Å². The largest absolute Gasteiger partial charge is 0.373 e. The van der Waals surface area contributed by atoms with Gasteiger partial charge in [-0.25, -0.2) is 9.97 Å². The highest BCUT2D eigenvalue weighted by Gasteiger charge is 2.14. The molecule has 6 heteroatoms. The van der Waals surface area contributed by atoms with Gasteiger partial charge in [0.1, 0.15) is 16.5 Å². The van der Waals surface area contributed by atoms with Gasteiger partial charge in [-0.15, -0.1) is 11.3 Å². The van der Waals surface area contributed by atoms with Gasteiger partial charge in [-0.1, -0.05) is 6.07 Å². The maximum absolute atomic E-state index is 12.0. The van der Waals surface area contributed by atoms with Crippen molar-refractivity contribution >= 4 is 23.1 Å². The van der Waals surface area contributed by atoms with Crippen molar-refractivity contribution in [1.29, 1.82) is 0 Å². The summed E-state index contributed by atoms with van der Waals surface area (Å²) in [6.07, 6.45) is 1.72. The molecule has 5 nitrogen and oxygen atoms in total. The van der Waals surface area contributed by atoms with Crippen LogP contribution in [-0.4, -0.2) is 22.9 Å². The minimum absolute atomic E-state index is 0.113. The summed E-state index contributed by atoms with van der Waals surface area (Å²) in [7, 11) is 1.77. The molecule has 1 unspecified atom stereocenters. The zero-order valence-electron chi connectivity index (χ0n) is 10.2. The number of amides is 1. The van der Waals surface area contributed by atoms with Gasteiger partial charge in [0.05, 0.1) is 6.04 Å². The number of nitrogens with one attached hydrogen (secondary N) is 2. The summed E-state index contributed by atoms with van der Waals surface area (Å²) in [4.78, 5) is 20.3. The second kappa shape index (κ2) is 5.59. The molecule has 2 aromatic heterocycles. The summed E-state index contributed by atoms with van der Waals surface area (Å²) in [6, 6.07) is 5.17. The molecule has 0 aromatic carbocycles. The van der Waals surface area contributed by atoms with E-state index in [2.05, 4.69) is 20.6 Å². The molecule has 2 N–H and O–H groups in total. The van der Waals surface area contributed by atoms with E-state index in [1.807, 2.05) is 12.3 Å². The standard InChI is InChI=1S/C12H14N4OS/c1-8(12-14-6-7-18-12)15-11(17)9-4-3-5-10(13-2)16-9/h3-8H,1-2H3,(H,13,16)(H,15,17). The third-order valence-corrected chi connectivity index (χ3v) is 3.37. The second-order valence-corrected chi connectivity index (χ2v) is 4.65.